The third-order valence-corrected chi connectivity index (χ3v) is 4.80. The Morgan fingerprint density at radius 1 is 1.07 bits per heavy atom. The molecular formula is C23H24N2O3. The highest BCUT2D eigenvalue weighted by Crippen LogP contribution is 2.38. The molecule has 0 saturated heterocycles. The summed E-state index contributed by atoms with van der Waals surface area (Å²) in [6.45, 7) is 5.65. The van der Waals surface area contributed by atoms with Crippen LogP contribution in [0.1, 0.15) is 42.5 Å². The highest BCUT2D eigenvalue weighted by molar-refractivity contribution is 5.82. The van der Waals surface area contributed by atoms with Crippen LogP contribution < -0.4 is 0 Å². The van der Waals surface area contributed by atoms with E-state index in [9.17, 15) is 15.0 Å². The standard InChI is InChI=1S/C23H24N2O3/c1-4-8-18(23(27)28)20-15(3)24-22(16-9-6-5-7-10-16)25-21(20)17-12-11-14(2)13-19(17)26/h5-7,9-13,18,26H,4,8H2,1-3H3,(H,27,28). The predicted octanol–water partition coefficient (Wildman–Crippen LogP) is 5.10. The lowest BCUT2D eigenvalue weighted by Gasteiger charge is -2.20. The van der Waals surface area contributed by atoms with Crippen molar-refractivity contribution in [1.82, 2.24) is 9.97 Å². The zero-order valence-electron chi connectivity index (χ0n) is 16.3. The molecule has 1 heterocycles. The molecule has 2 N–H and O–H groups in total. The average molecular weight is 376 g/mol. The molecule has 0 saturated carbocycles. The first-order chi connectivity index (χ1) is 13.4. The van der Waals surface area contributed by atoms with Crippen molar-refractivity contribution in [1.29, 1.82) is 0 Å². The van der Waals surface area contributed by atoms with Crippen molar-refractivity contribution in [2.45, 2.75) is 39.5 Å². The van der Waals surface area contributed by atoms with Crippen molar-refractivity contribution in [3.05, 3.63) is 65.4 Å². The van der Waals surface area contributed by atoms with Gasteiger partial charge < -0.3 is 10.2 Å². The number of benzene rings is 2. The van der Waals surface area contributed by atoms with Crippen LogP contribution in [0.5, 0.6) is 5.75 Å². The van der Waals surface area contributed by atoms with Crippen LogP contribution >= 0.6 is 0 Å². The van der Waals surface area contributed by atoms with E-state index in [4.69, 9.17) is 4.98 Å². The molecule has 0 aliphatic carbocycles. The van der Waals surface area contributed by atoms with Gasteiger partial charge in [-0.3, -0.25) is 4.79 Å². The summed E-state index contributed by atoms with van der Waals surface area (Å²) in [4.78, 5) is 21.3. The Balaban J connectivity index is 2.30. The second-order valence-electron chi connectivity index (χ2n) is 6.96. The van der Waals surface area contributed by atoms with Gasteiger partial charge in [0, 0.05) is 22.4 Å². The number of phenolic OH excluding ortho intramolecular Hbond substituents is 1. The lowest BCUT2D eigenvalue weighted by molar-refractivity contribution is -0.139. The maximum absolute atomic E-state index is 12.0. The van der Waals surface area contributed by atoms with E-state index in [0.717, 1.165) is 17.5 Å². The average Bonchev–Trinajstić information content (AvgIpc) is 2.66. The minimum Gasteiger partial charge on any atom is -0.507 e. The molecule has 0 fully saturated rings. The summed E-state index contributed by atoms with van der Waals surface area (Å²) in [6.07, 6.45) is 1.19. The van der Waals surface area contributed by atoms with Crippen LogP contribution in [-0.2, 0) is 4.79 Å². The van der Waals surface area contributed by atoms with Crippen LogP contribution in [0.4, 0.5) is 0 Å². The molecule has 5 nitrogen and oxygen atoms in total. The van der Waals surface area contributed by atoms with E-state index < -0.39 is 11.9 Å². The predicted molar refractivity (Wildman–Crippen MR) is 109 cm³/mol. The fourth-order valence-electron chi connectivity index (χ4n) is 3.44. The van der Waals surface area contributed by atoms with Gasteiger partial charge in [0.05, 0.1) is 11.6 Å². The quantitative estimate of drug-likeness (QED) is 0.625. The number of carboxylic acids is 1. The van der Waals surface area contributed by atoms with E-state index in [0.29, 0.717) is 34.8 Å². The number of rotatable bonds is 6. The number of hydrogen-bond donors (Lipinski definition) is 2. The number of hydrogen-bond acceptors (Lipinski definition) is 4. The summed E-state index contributed by atoms with van der Waals surface area (Å²) >= 11 is 0. The Morgan fingerprint density at radius 3 is 2.39 bits per heavy atom. The van der Waals surface area contributed by atoms with Crippen LogP contribution in [0.2, 0.25) is 0 Å². The SMILES string of the molecule is CCCC(C(=O)O)c1c(C)nc(-c2ccccc2)nc1-c1ccc(C)cc1O. The van der Waals surface area contributed by atoms with E-state index >= 15 is 0 Å². The maximum atomic E-state index is 12.0. The van der Waals surface area contributed by atoms with Gasteiger partial charge in [-0.2, -0.15) is 0 Å². The zero-order chi connectivity index (χ0) is 20.3. The second kappa shape index (κ2) is 8.21. The minimum atomic E-state index is -0.908. The van der Waals surface area contributed by atoms with Crippen molar-refractivity contribution in [3.8, 4) is 28.4 Å². The van der Waals surface area contributed by atoms with Gasteiger partial charge in [-0.15, -0.1) is 0 Å². The number of carboxylic acid groups (broad SMARTS) is 1. The van der Waals surface area contributed by atoms with Gasteiger partial charge in [0.25, 0.3) is 0 Å². The summed E-state index contributed by atoms with van der Waals surface area (Å²) in [5, 5.41) is 20.4. The molecule has 0 bridgehead atoms. The Morgan fingerprint density at radius 2 is 1.79 bits per heavy atom. The molecule has 5 heteroatoms. The summed E-state index contributed by atoms with van der Waals surface area (Å²) < 4.78 is 0. The highest BCUT2D eigenvalue weighted by Gasteiger charge is 2.28. The second-order valence-corrected chi connectivity index (χ2v) is 6.96. The lowest BCUT2D eigenvalue weighted by atomic mass is 9.89. The Bertz CT molecular complexity index is 1000. The number of phenols is 1. The molecule has 0 aliphatic heterocycles. The molecule has 2 aromatic carbocycles. The number of aromatic nitrogens is 2. The van der Waals surface area contributed by atoms with Gasteiger partial charge in [0.2, 0.25) is 0 Å². The lowest BCUT2D eigenvalue weighted by Crippen LogP contribution is -2.16. The Labute approximate surface area is 164 Å². The molecule has 0 aliphatic rings. The van der Waals surface area contributed by atoms with Gasteiger partial charge in [0.15, 0.2) is 5.82 Å². The van der Waals surface area contributed by atoms with Gasteiger partial charge in [-0.25, -0.2) is 9.97 Å². The number of nitrogens with zero attached hydrogens (tertiary/aromatic N) is 2. The molecule has 1 atom stereocenters. The van der Waals surface area contributed by atoms with E-state index in [2.05, 4.69) is 4.98 Å². The van der Waals surface area contributed by atoms with Crippen LogP contribution in [-0.4, -0.2) is 26.2 Å². The first-order valence-electron chi connectivity index (χ1n) is 9.39. The molecular weight excluding hydrogens is 352 g/mol. The monoisotopic (exact) mass is 376 g/mol. The normalized spacial score (nSPS) is 12.0. The third-order valence-electron chi connectivity index (χ3n) is 4.80. The summed E-state index contributed by atoms with van der Waals surface area (Å²) in [6, 6.07) is 14.9. The third kappa shape index (κ3) is 3.88. The van der Waals surface area contributed by atoms with Gasteiger partial charge in [0.1, 0.15) is 5.75 Å². The van der Waals surface area contributed by atoms with Crippen molar-refractivity contribution >= 4 is 5.97 Å². The molecule has 3 aromatic rings. The summed E-state index contributed by atoms with van der Waals surface area (Å²) in [7, 11) is 0. The largest absolute Gasteiger partial charge is 0.507 e. The number of aryl methyl sites for hydroxylation is 2. The highest BCUT2D eigenvalue weighted by atomic mass is 16.4. The molecule has 1 unspecified atom stereocenters. The van der Waals surface area contributed by atoms with Crippen LogP contribution in [0.25, 0.3) is 22.6 Å². The van der Waals surface area contributed by atoms with Gasteiger partial charge >= 0.3 is 5.97 Å². The van der Waals surface area contributed by atoms with Crippen LogP contribution in [0.3, 0.4) is 0 Å². The van der Waals surface area contributed by atoms with Crippen LogP contribution in [0.15, 0.2) is 48.5 Å². The van der Waals surface area contributed by atoms with Gasteiger partial charge in [-0.05, 0) is 38.0 Å². The van der Waals surface area contributed by atoms with Crippen molar-refractivity contribution in [3.63, 3.8) is 0 Å². The van der Waals surface area contributed by atoms with Crippen LogP contribution in [0, 0.1) is 13.8 Å². The maximum Gasteiger partial charge on any atom is 0.311 e. The molecule has 3 rings (SSSR count). The number of carbonyl (C=O) groups is 1. The molecule has 0 spiro atoms. The van der Waals surface area contributed by atoms with Crippen molar-refractivity contribution in [2.24, 2.45) is 0 Å². The Hall–Kier alpha value is -3.21. The molecule has 0 radical (unpaired) electrons. The van der Waals surface area contributed by atoms with E-state index in [-0.39, 0.29) is 5.75 Å². The van der Waals surface area contributed by atoms with E-state index in [1.54, 1.807) is 12.1 Å². The molecule has 28 heavy (non-hydrogen) atoms. The number of aliphatic carboxylic acids is 1. The fourth-order valence-corrected chi connectivity index (χ4v) is 3.44. The molecule has 1 aromatic heterocycles. The smallest absolute Gasteiger partial charge is 0.311 e. The first kappa shape index (κ1) is 19.5. The molecule has 144 valence electrons. The van der Waals surface area contributed by atoms with E-state index in [1.807, 2.05) is 57.2 Å². The van der Waals surface area contributed by atoms with Crippen molar-refractivity contribution < 1.29 is 15.0 Å². The van der Waals surface area contributed by atoms with E-state index in [1.165, 1.54) is 0 Å². The topological polar surface area (TPSA) is 83.3 Å². The minimum absolute atomic E-state index is 0.0824. The zero-order valence-corrected chi connectivity index (χ0v) is 16.3. The van der Waals surface area contributed by atoms with Crippen molar-refractivity contribution in [2.75, 3.05) is 0 Å². The molecule has 0 amide bonds. The van der Waals surface area contributed by atoms with Gasteiger partial charge in [-0.1, -0.05) is 49.7 Å². The summed E-state index contributed by atoms with van der Waals surface area (Å²) in [5.41, 5.74) is 3.93. The first-order valence-corrected chi connectivity index (χ1v) is 9.39. The Kier molecular flexibility index (Phi) is 5.73. The number of aromatic hydroxyl groups is 1. The fraction of sp³-hybridized carbons (Fsp3) is 0.261. The summed E-state index contributed by atoms with van der Waals surface area (Å²) in [5.74, 6) is -1.05.